The molecule has 6 nitrogen and oxygen atoms in total. The average molecular weight is 530 g/mol. The molecule has 8 heteroatoms. The van der Waals surface area contributed by atoms with Crippen LogP contribution in [0.5, 0.6) is 5.75 Å². The van der Waals surface area contributed by atoms with Gasteiger partial charge in [0, 0.05) is 6.54 Å². The summed E-state index contributed by atoms with van der Waals surface area (Å²) in [6.45, 7) is 8.18. The number of amides is 1. The molecular formula is C28H34Cl2N4O2. The summed E-state index contributed by atoms with van der Waals surface area (Å²) in [6.07, 6.45) is 6.89. The summed E-state index contributed by atoms with van der Waals surface area (Å²) in [4.78, 5) is 19.6. The van der Waals surface area contributed by atoms with Crippen LogP contribution in [0.2, 0.25) is 10.2 Å². The van der Waals surface area contributed by atoms with E-state index < -0.39 is 5.91 Å². The van der Waals surface area contributed by atoms with Crippen molar-refractivity contribution in [3.05, 3.63) is 63.4 Å². The van der Waals surface area contributed by atoms with Gasteiger partial charge in [-0.15, -0.1) is 0 Å². The zero-order chi connectivity index (χ0) is 25.9. The first-order valence-electron chi connectivity index (χ1n) is 12.6. The highest BCUT2D eigenvalue weighted by atomic mass is 35.5. The van der Waals surface area contributed by atoms with Crippen LogP contribution in [0.25, 0.3) is 6.08 Å². The van der Waals surface area contributed by atoms with Gasteiger partial charge in [0.05, 0.1) is 16.8 Å². The van der Waals surface area contributed by atoms with Gasteiger partial charge in [-0.05, 0) is 80.6 Å². The highest BCUT2D eigenvalue weighted by molar-refractivity contribution is 6.33. The number of halogens is 2. The molecule has 0 radical (unpaired) electrons. The molecule has 192 valence electrons. The van der Waals surface area contributed by atoms with Gasteiger partial charge in [-0.3, -0.25) is 9.69 Å². The lowest BCUT2D eigenvalue weighted by Gasteiger charge is -2.26. The van der Waals surface area contributed by atoms with Crippen molar-refractivity contribution in [2.75, 3.05) is 26.2 Å². The Labute approximate surface area is 224 Å². The molecule has 3 rings (SSSR count). The van der Waals surface area contributed by atoms with Gasteiger partial charge >= 0.3 is 0 Å². The van der Waals surface area contributed by atoms with Gasteiger partial charge < -0.3 is 10.1 Å². The van der Waals surface area contributed by atoms with Gasteiger partial charge in [0.25, 0.3) is 5.91 Å². The molecule has 1 aliphatic heterocycles. The number of carbonyl (C=O) groups excluding carboxylic acids is 1. The molecule has 2 aromatic rings. The third-order valence-electron chi connectivity index (χ3n) is 6.23. The van der Waals surface area contributed by atoms with Crippen molar-refractivity contribution in [1.29, 1.82) is 5.26 Å². The molecule has 0 spiro atoms. The standard InChI is InChI=1S/C28H34Cl2N4O2/c1-20(2)6-12-25(33-28(35)22(19-31)18-26-24(29)11-13-27(30)32-26)21-7-9-23(10-8-21)36-17-16-34-14-4-3-5-15-34/h7-11,13,18,20,25H,3-6,12,14-17H2,1-2H3,(H,33,35). The first kappa shape index (κ1) is 28.0. The first-order chi connectivity index (χ1) is 17.4. The van der Waals surface area contributed by atoms with E-state index in [9.17, 15) is 10.1 Å². The Kier molecular flexibility index (Phi) is 11.1. The second-order valence-electron chi connectivity index (χ2n) is 9.49. The topological polar surface area (TPSA) is 78.2 Å². The van der Waals surface area contributed by atoms with Crippen LogP contribution in [0.1, 0.15) is 63.3 Å². The Balaban J connectivity index is 1.67. The third kappa shape index (κ3) is 8.81. The number of ether oxygens (including phenoxy) is 1. The van der Waals surface area contributed by atoms with E-state index in [1.54, 1.807) is 12.1 Å². The number of rotatable bonds is 11. The number of likely N-dealkylation sites (tertiary alicyclic amines) is 1. The molecule has 1 aromatic carbocycles. The normalized spacial score (nSPS) is 15.4. The molecule has 1 atom stereocenters. The maximum absolute atomic E-state index is 13.0. The molecular weight excluding hydrogens is 495 g/mol. The van der Waals surface area contributed by atoms with Crippen LogP contribution in [-0.2, 0) is 4.79 Å². The number of piperidine rings is 1. The fourth-order valence-electron chi connectivity index (χ4n) is 4.15. The number of carbonyl (C=O) groups is 1. The summed E-state index contributed by atoms with van der Waals surface area (Å²) in [7, 11) is 0. The van der Waals surface area contributed by atoms with E-state index >= 15 is 0 Å². The zero-order valence-corrected chi connectivity index (χ0v) is 22.5. The molecule has 1 aliphatic rings. The van der Waals surface area contributed by atoms with Crippen LogP contribution in [-0.4, -0.2) is 42.0 Å². The Hall–Kier alpha value is -2.59. The summed E-state index contributed by atoms with van der Waals surface area (Å²) < 4.78 is 5.95. The Morgan fingerprint density at radius 1 is 1.14 bits per heavy atom. The highest BCUT2D eigenvalue weighted by Crippen LogP contribution is 2.25. The summed E-state index contributed by atoms with van der Waals surface area (Å²) in [5.74, 6) is 0.803. The molecule has 1 fully saturated rings. The van der Waals surface area contributed by atoms with Crippen LogP contribution in [0.4, 0.5) is 0 Å². The highest BCUT2D eigenvalue weighted by Gasteiger charge is 2.19. The van der Waals surface area contributed by atoms with E-state index in [0.29, 0.717) is 17.5 Å². The van der Waals surface area contributed by atoms with Crippen molar-refractivity contribution in [3.63, 3.8) is 0 Å². The predicted octanol–water partition coefficient (Wildman–Crippen LogP) is 6.45. The van der Waals surface area contributed by atoms with Crippen LogP contribution in [0.3, 0.4) is 0 Å². The third-order valence-corrected chi connectivity index (χ3v) is 6.76. The molecule has 1 saturated heterocycles. The number of benzene rings is 1. The Bertz CT molecular complexity index is 1070. The predicted molar refractivity (Wildman–Crippen MR) is 145 cm³/mol. The molecule has 0 saturated carbocycles. The quantitative estimate of drug-likeness (QED) is 0.206. The van der Waals surface area contributed by atoms with Crippen molar-refractivity contribution < 1.29 is 9.53 Å². The minimum atomic E-state index is -0.481. The van der Waals surface area contributed by atoms with Crippen LogP contribution >= 0.6 is 23.2 Å². The number of nitrogens with zero attached hydrogens (tertiary/aromatic N) is 3. The van der Waals surface area contributed by atoms with Crippen LogP contribution < -0.4 is 10.1 Å². The number of pyridine rings is 1. The van der Waals surface area contributed by atoms with Gasteiger partial charge in [0.1, 0.15) is 29.2 Å². The zero-order valence-electron chi connectivity index (χ0n) is 21.0. The fraction of sp³-hybridized carbons (Fsp3) is 0.464. The lowest BCUT2D eigenvalue weighted by Crippen LogP contribution is -2.33. The summed E-state index contributed by atoms with van der Waals surface area (Å²) in [5, 5.41) is 13.2. The molecule has 0 bridgehead atoms. The summed E-state index contributed by atoms with van der Waals surface area (Å²) in [6, 6.07) is 12.7. The van der Waals surface area contributed by atoms with E-state index in [1.807, 2.05) is 30.3 Å². The second-order valence-corrected chi connectivity index (χ2v) is 10.3. The number of hydrogen-bond acceptors (Lipinski definition) is 5. The van der Waals surface area contributed by atoms with Gasteiger partial charge in [0.2, 0.25) is 0 Å². The molecule has 1 N–H and O–H groups in total. The maximum Gasteiger partial charge on any atom is 0.262 e. The lowest BCUT2D eigenvalue weighted by atomic mass is 9.97. The lowest BCUT2D eigenvalue weighted by molar-refractivity contribution is -0.117. The van der Waals surface area contributed by atoms with Crippen LogP contribution in [0.15, 0.2) is 42.0 Å². The van der Waals surface area contributed by atoms with Crippen LogP contribution in [0, 0.1) is 17.2 Å². The van der Waals surface area contributed by atoms with E-state index in [4.69, 9.17) is 27.9 Å². The largest absolute Gasteiger partial charge is 0.492 e. The van der Waals surface area contributed by atoms with E-state index in [-0.39, 0.29) is 22.5 Å². The minimum absolute atomic E-state index is 0.0844. The number of nitriles is 1. The van der Waals surface area contributed by atoms with Gasteiger partial charge in [-0.25, -0.2) is 4.98 Å². The number of hydrogen-bond donors (Lipinski definition) is 1. The maximum atomic E-state index is 13.0. The monoisotopic (exact) mass is 528 g/mol. The fourth-order valence-corrected chi connectivity index (χ4v) is 4.46. The number of aromatic nitrogens is 1. The summed E-state index contributed by atoms with van der Waals surface area (Å²) >= 11 is 12.1. The molecule has 1 unspecified atom stereocenters. The molecule has 2 heterocycles. The van der Waals surface area contributed by atoms with Gasteiger partial charge in [-0.1, -0.05) is 55.6 Å². The van der Waals surface area contributed by atoms with Crippen molar-refractivity contribution >= 4 is 35.2 Å². The Morgan fingerprint density at radius 3 is 2.53 bits per heavy atom. The summed E-state index contributed by atoms with van der Waals surface area (Å²) in [5.41, 5.74) is 1.16. The van der Waals surface area contributed by atoms with E-state index in [0.717, 1.165) is 43.8 Å². The first-order valence-corrected chi connectivity index (χ1v) is 13.3. The average Bonchev–Trinajstić information content (AvgIpc) is 2.88. The van der Waals surface area contributed by atoms with E-state index in [1.165, 1.54) is 25.3 Å². The SMILES string of the molecule is CC(C)CCC(NC(=O)C(C#N)=Cc1nc(Cl)ccc1Cl)c1ccc(OCCN2CCCCC2)cc1. The van der Waals surface area contributed by atoms with Gasteiger partial charge in [-0.2, -0.15) is 5.26 Å². The minimum Gasteiger partial charge on any atom is -0.492 e. The molecule has 1 amide bonds. The Morgan fingerprint density at radius 2 is 1.86 bits per heavy atom. The second kappa shape index (κ2) is 14.2. The smallest absolute Gasteiger partial charge is 0.262 e. The van der Waals surface area contributed by atoms with E-state index in [2.05, 4.69) is 29.0 Å². The molecule has 1 aromatic heterocycles. The molecule has 36 heavy (non-hydrogen) atoms. The van der Waals surface area contributed by atoms with Crippen molar-refractivity contribution in [2.45, 2.75) is 52.0 Å². The molecule has 0 aliphatic carbocycles. The van der Waals surface area contributed by atoms with Crippen molar-refractivity contribution in [1.82, 2.24) is 15.2 Å². The van der Waals surface area contributed by atoms with Crippen molar-refractivity contribution in [2.24, 2.45) is 5.92 Å². The van der Waals surface area contributed by atoms with Crippen molar-refractivity contribution in [3.8, 4) is 11.8 Å². The van der Waals surface area contributed by atoms with Gasteiger partial charge in [0.15, 0.2) is 0 Å². The number of nitrogens with one attached hydrogen (secondary N) is 1.